The first-order valence-corrected chi connectivity index (χ1v) is 8.04. The van der Waals surface area contributed by atoms with E-state index in [1.54, 1.807) is 13.0 Å². The monoisotopic (exact) mass is 353 g/mol. The van der Waals surface area contributed by atoms with Crippen LogP contribution in [-0.4, -0.2) is 22.2 Å². The second-order valence-corrected chi connectivity index (χ2v) is 6.08. The highest BCUT2D eigenvalue weighted by molar-refractivity contribution is 6.07. The van der Waals surface area contributed by atoms with Crippen LogP contribution in [0.15, 0.2) is 53.7 Å². The van der Waals surface area contributed by atoms with Crippen LogP contribution in [-0.2, 0) is 4.79 Å². The van der Waals surface area contributed by atoms with Gasteiger partial charge in [0, 0.05) is 23.0 Å². The lowest BCUT2D eigenvalue weighted by atomic mass is 9.94. The van der Waals surface area contributed by atoms with Gasteiger partial charge in [-0.25, -0.2) is 4.79 Å². The molecule has 5 N–H and O–H groups in total. The molecule has 0 saturated carbocycles. The number of hydrogen-bond acceptors (Lipinski definition) is 4. The number of nitrogens with one attached hydrogen (secondary N) is 3. The average Bonchev–Trinajstić information content (AvgIpc) is 2.56. The van der Waals surface area contributed by atoms with E-state index < -0.39 is 18.0 Å². The Hall–Kier alpha value is -3.48. The van der Waals surface area contributed by atoms with Gasteiger partial charge >= 0.3 is 6.03 Å². The molecule has 1 heterocycles. The minimum absolute atomic E-state index is 0.113. The number of hydrogen-bond donors (Lipinski definition) is 5. The van der Waals surface area contributed by atoms with Crippen molar-refractivity contribution in [3.8, 4) is 11.5 Å². The van der Waals surface area contributed by atoms with E-state index in [1.807, 2.05) is 25.1 Å². The van der Waals surface area contributed by atoms with Gasteiger partial charge in [-0.2, -0.15) is 0 Å². The molecule has 0 aliphatic carbocycles. The minimum Gasteiger partial charge on any atom is -0.508 e. The van der Waals surface area contributed by atoms with Gasteiger partial charge in [0.05, 0.1) is 11.6 Å². The molecule has 0 radical (unpaired) electrons. The molecular weight excluding hydrogens is 334 g/mol. The lowest BCUT2D eigenvalue weighted by Crippen LogP contribution is -2.46. The number of rotatable bonds is 3. The van der Waals surface area contributed by atoms with Gasteiger partial charge in [0.15, 0.2) is 0 Å². The Bertz CT molecular complexity index is 921. The Morgan fingerprint density at radius 1 is 1.12 bits per heavy atom. The topological polar surface area (TPSA) is 111 Å². The van der Waals surface area contributed by atoms with E-state index in [0.717, 1.165) is 11.6 Å². The molecule has 1 unspecified atom stereocenters. The average molecular weight is 353 g/mol. The largest absolute Gasteiger partial charge is 0.508 e. The van der Waals surface area contributed by atoms with Crippen LogP contribution in [0.4, 0.5) is 10.5 Å². The summed E-state index contributed by atoms with van der Waals surface area (Å²) < 4.78 is 0. The summed E-state index contributed by atoms with van der Waals surface area (Å²) in [6.07, 6.45) is 0. The molecular formula is C19H19N3O4. The van der Waals surface area contributed by atoms with E-state index in [-0.39, 0.29) is 17.1 Å². The molecule has 0 spiro atoms. The molecule has 2 aromatic carbocycles. The first-order chi connectivity index (χ1) is 12.4. The summed E-state index contributed by atoms with van der Waals surface area (Å²) in [5.41, 5.74) is 2.53. The first kappa shape index (κ1) is 17.3. The number of para-hydroxylation sites is 1. The lowest BCUT2D eigenvalue weighted by molar-refractivity contribution is -0.113. The Morgan fingerprint density at radius 2 is 1.85 bits per heavy atom. The standard InChI is InChI=1S/C19H19N3O4/c1-10-5-3-4-6-14(10)21-18(25)16-11(2)20-19(26)22-17(16)13-8-7-12(23)9-15(13)24/h3-9,17,23-24H,1-2H3,(H,21,25)(H2,20,22,26). The normalized spacial score (nSPS) is 16.7. The quantitative estimate of drug-likeness (QED) is 0.584. The number of aryl methyl sites for hydroxylation is 1. The SMILES string of the molecule is CC1=C(C(=O)Nc2ccccc2C)C(c2ccc(O)cc2O)NC(=O)N1. The molecule has 134 valence electrons. The number of allylic oxidation sites excluding steroid dienone is 1. The number of phenols is 2. The number of benzene rings is 2. The summed E-state index contributed by atoms with van der Waals surface area (Å²) in [7, 11) is 0. The summed E-state index contributed by atoms with van der Waals surface area (Å²) in [6.45, 7) is 3.50. The molecule has 0 aromatic heterocycles. The van der Waals surface area contributed by atoms with Crippen LogP contribution in [0.2, 0.25) is 0 Å². The second-order valence-electron chi connectivity index (χ2n) is 6.08. The van der Waals surface area contributed by atoms with Crippen molar-refractivity contribution >= 4 is 17.6 Å². The fraction of sp³-hybridized carbons (Fsp3) is 0.158. The molecule has 0 saturated heterocycles. The molecule has 0 bridgehead atoms. The second kappa shape index (κ2) is 6.79. The zero-order chi connectivity index (χ0) is 18.8. The van der Waals surface area contributed by atoms with Crippen LogP contribution in [0.1, 0.15) is 24.1 Å². The van der Waals surface area contributed by atoms with Crippen LogP contribution in [0.5, 0.6) is 11.5 Å². The van der Waals surface area contributed by atoms with Gasteiger partial charge in [-0.05, 0) is 37.6 Å². The van der Waals surface area contributed by atoms with Crippen molar-refractivity contribution in [2.75, 3.05) is 5.32 Å². The summed E-state index contributed by atoms with van der Waals surface area (Å²) in [5.74, 6) is -0.730. The smallest absolute Gasteiger partial charge is 0.319 e. The van der Waals surface area contributed by atoms with Gasteiger partial charge in [0.1, 0.15) is 11.5 Å². The van der Waals surface area contributed by atoms with Crippen molar-refractivity contribution in [2.24, 2.45) is 0 Å². The zero-order valence-corrected chi connectivity index (χ0v) is 14.3. The fourth-order valence-electron chi connectivity index (χ4n) is 2.91. The van der Waals surface area contributed by atoms with E-state index >= 15 is 0 Å². The van der Waals surface area contributed by atoms with Crippen LogP contribution < -0.4 is 16.0 Å². The lowest BCUT2D eigenvalue weighted by Gasteiger charge is -2.29. The van der Waals surface area contributed by atoms with Crippen molar-refractivity contribution in [2.45, 2.75) is 19.9 Å². The Kier molecular flexibility index (Phi) is 4.53. The highest BCUT2D eigenvalue weighted by Gasteiger charge is 2.32. The van der Waals surface area contributed by atoms with E-state index in [0.29, 0.717) is 16.9 Å². The Labute approximate surface area is 150 Å². The maximum atomic E-state index is 12.9. The minimum atomic E-state index is -0.853. The fourth-order valence-corrected chi connectivity index (χ4v) is 2.91. The van der Waals surface area contributed by atoms with Gasteiger partial charge in [0.25, 0.3) is 5.91 Å². The zero-order valence-electron chi connectivity index (χ0n) is 14.3. The third-order valence-electron chi connectivity index (χ3n) is 4.23. The Balaban J connectivity index is 2.00. The van der Waals surface area contributed by atoms with Crippen molar-refractivity contribution in [3.05, 3.63) is 64.9 Å². The third kappa shape index (κ3) is 3.32. The third-order valence-corrected chi connectivity index (χ3v) is 4.23. The Morgan fingerprint density at radius 3 is 2.54 bits per heavy atom. The molecule has 7 heteroatoms. The van der Waals surface area contributed by atoms with Gasteiger partial charge in [-0.1, -0.05) is 18.2 Å². The van der Waals surface area contributed by atoms with Gasteiger partial charge in [-0.15, -0.1) is 0 Å². The molecule has 1 aliphatic rings. The van der Waals surface area contributed by atoms with Crippen molar-refractivity contribution in [1.29, 1.82) is 0 Å². The number of urea groups is 1. The molecule has 1 aliphatic heterocycles. The number of aromatic hydroxyl groups is 2. The van der Waals surface area contributed by atoms with E-state index in [4.69, 9.17) is 0 Å². The first-order valence-electron chi connectivity index (χ1n) is 8.04. The van der Waals surface area contributed by atoms with Crippen molar-refractivity contribution in [3.63, 3.8) is 0 Å². The maximum Gasteiger partial charge on any atom is 0.319 e. The summed E-state index contributed by atoms with van der Waals surface area (Å²) in [6, 6.07) is 10.0. The molecule has 26 heavy (non-hydrogen) atoms. The molecule has 3 rings (SSSR count). The highest BCUT2D eigenvalue weighted by atomic mass is 16.3. The van der Waals surface area contributed by atoms with Crippen LogP contribution in [0.25, 0.3) is 0 Å². The van der Waals surface area contributed by atoms with Crippen LogP contribution in [0, 0.1) is 6.92 Å². The van der Waals surface area contributed by atoms with E-state index in [2.05, 4.69) is 16.0 Å². The maximum absolute atomic E-state index is 12.9. The molecule has 2 aromatic rings. The molecule has 1 atom stereocenters. The van der Waals surface area contributed by atoms with Gasteiger partial charge in [0.2, 0.25) is 0 Å². The molecule has 3 amide bonds. The molecule has 7 nitrogen and oxygen atoms in total. The number of carbonyl (C=O) groups is 2. The van der Waals surface area contributed by atoms with Gasteiger partial charge < -0.3 is 26.2 Å². The summed E-state index contributed by atoms with van der Waals surface area (Å²) in [4.78, 5) is 24.8. The molecule has 0 fully saturated rings. The van der Waals surface area contributed by atoms with Gasteiger partial charge in [-0.3, -0.25) is 4.79 Å². The predicted molar refractivity (Wildman–Crippen MR) is 96.7 cm³/mol. The van der Waals surface area contributed by atoms with Crippen LogP contribution >= 0.6 is 0 Å². The number of carbonyl (C=O) groups excluding carboxylic acids is 2. The number of anilines is 1. The number of amides is 3. The summed E-state index contributed by atoms with van der Waals surface area (Å²) in [5, 5.41) is 27.7. The van der Waals surface area contributed by atoms with Crippen LogP contribution in [0.3, 0.4) is 0 Å². The highest BCUT2D eigenvalue weighted by Crippen LogP contribution is 2.34. The van der Waals surface area contributed by atoms with Crippen molar-refractivity contribution < 1.29 is 19.8 Å². The van der Waals surface area contributed by atoms with E-state index in [9.17, 15) is 19.8 Å². The number of phenolic OH excluding ortho intramolecular Hbond substituents is 2. The predicted octanol–water partition coefficient (Wildman–Crippen LogP) is 2.67. The summed E-state index contributed by atoms with van der Waals surface area (Å²) >= 11 is 0. The van der Waals surface area contributed by atoms with Crippen molar-refractivity contribution in [1.82, 2.24) is 10.6 Å². The van der Waals surface area contributed by atoms with E-state index in [1.165, 1.54) is 12.1 Å².